The molecule has 7 nitrogen and oxygen atoms in total. The summed E-state index contributed by atoms with van der Waals surface area (Å²) in [6.07, 6.45) is 1.27. The number of ether oxygens (including phenoxy) is 2. The summed E-state index contributed by atoms with van der Waals surface area (Å²) < 4.78 is 9.82. The molecule has 0 unspecified atom stereocenters. The normalized spacial score (nSPS) is 10.5. The average molecular weight is 263 g/mol. The van der Waals surface area contributed by atoms with Crippen LogP contribution in [0.4, 0.5) is 0 Å². The van der Waals surface area contributed by atoms with Crippen molar-refractivity contribution in [3.8, 4) is 5.88 Å². The molecule has 2 aromatic rings. The molecule has 0 spiro atoms. The van der Waals surface area contributed by atoms with Crippen molar-refractivity contribution >= 4 is 17.1 Å². The SMILES string of the molecule is CCOC(=O)c1c[nH]c2nc(OC)c(C)nc2c1=O. The summed E-state index contributed by atoms with van der Waals surface area (Å²) in [5, 5.41) is 0. The van der Waals surface area contributed by atoms with Gasteiger partial charge in [0.15, 0.2) is 11.2 Å². The van der Waals surface area contributed by atoms with E-state index in [1.165, 1.54) is 13.3 Å². The Morgan fingerprint density at radius 3 is 2.79 bits per heavy atom. The van der Waals surface area contributed by atoms with Gasteiger partial charge in [-0.3, -0.25) is 4.79 Å². The van der Waals surface area contributed by atoms with Crippen LogP contribution in [0.5, 0.6) is 5.88 Å². The van der Waals surface area contributed by atoms with E-state index >= 15 is 0 Å². The number of hydrogen-bond acceptors (Lipinski definition) is 6. The van der Waals surface area contributed by atoms with E-state index in [2.05, 4.69) is 15.0 Å². The van der Waals surface area contributed by atoms with Crippen LogP contribution in [0.25, 0.3) is 11.2 Å². The number of pyridine rings is 1. The van der Waals surface area contributed by atoms with Gasteiger partial charge >= 0.3 is 5.97 Å². The highest BCUT2D eigenvalue weighted by atomic mass is 16.5. The van der Waals surface area contributed by atoms with Crippen LogP contribution in [-0.4, -0.2) is 34.6 Å². The number of aromatic nitrogens is 3. The maximum absolute atomic E-state index is 12.1. The van der Waals surface area contributed by atoms with Crippen LogP contribution >= 0.6 is 0 Å². The molecule has 100 valence electrons. The fourth-order valence-corrected chi connectivity index (χ4v) is 1.65. The number of aryl methyl sites for hydroxylation is 1. The minimum absolute atomic E-state index is 0.0869. The van der Waals surface area contributed by atoms with Crippen molar-refractivity contribution in [1.29, 1.82) is 0 Å². The third-order valence-corrected chi connectivity index (χ3v) is 2.53. The van der Waals surface area contributed by atoms with Crippen molar-refractivity contribution in [3.05, 3.63) is 27.7 Å². The van der Waals surface area contributed by atoms with E-state index in [1.807, 2.05) is 0 Å². The second kappa shape index (κ2) is 5.05. The standard InChI is InChI=1S/C12H13N3O4/c1-4-19-12(17)7-5-13-10-8(9(7)16)14-6(2)11(15-10)18-3/h5H,4H2,1-3H3,(H,13,15,16). The second-order valence-electron chi connectivity index (χ2n) is 3.77. The number of rotatable bonds is 3. The molecule has 7 heteroatoms. The Morgan fingerprint density at radius 2 is 2.16 bits per heavy atom. The van der Waals surface area contributed by atoms with Crippen LogP contribution in [0.3, 0.4) is 0 Å². The van der Waals surface area contributed by atoms with Crippen molar-refractivity contribution in [1.82, 2.24) is 15.0 Å². The van der Waals surface area contributed by atoms with E-state index in [0.29, 0.717) is 11.6 Å². The highest BCUT2D eigenvalue weighted by Crippen LogP contribution is 2.14. The lowest BCUT2D eigenvalue weighted by atomic mass is 10.2. The van der Waals surface area contributed by atoms with E-state index < -0.39 is 11.4 Å². The molecular formula is C12H13N3O4. The summed E-state index contributed by atoms with van der Waals surface area (Å²) in [6.45, 7) is 3.54. The van der Waals surface area contributed by atoms with Crippen molar-refractivity contribution in [2.75, 3.05) is 13.7 Å². The van der Waals surface area contributed by atoms with Crippen LogP contribution in [-0.2, 0) is 4.74 Å². The Kier molecular flexibility index (Phi) is 3.46. The molecule has 1 N–H and O–H groups in total. The second-order valence-corrected chi connectivity index (χ2v) is 3.77. The zero-order chi connectivity index (χ0) is 14.0. The quantitative estimate of drug-likeness (QED) is 0.823. The summed E-state index contributed by atoms with van der Waals surface area (Å²) in [4.78, 5) is 34.7. The van der Waals surface area contributed by atoms with Crippen LogP contribution < -0.4 is 10.2 Å². The molecule has 0 aliphatic rings. The van der Waals surface area contributed by atoms with Gasteiger partial charge in [-0.1, -0.05) is 0 Å². The third kappa shape index (κ3) is 2.26. The van der Waals surface area contributed by atoms with Crippen molar-refractivity contribution in [2.45, 2.75) is 13.8 Å². The third-order valence-electron chi connectivity index (χ3n) is 2.53. The van der Waals surface area contributed by atoms with Gasteiger partial charge in [0.1, 0.15) is 11.3 Å². The van der Waals surface area contributed by atoms with Crippen molar-refractivity contribution in [3.63, 3.8) is 0 Å². The maximum atomic E-state index is 12.1. The number of aromatic amines is 1. The molecule has 0 saturated heterocycles. The highest BCUT2D eigenvalue weighted by molar-refractivity contribution is 5.92. The fourth-order valence-electron chi connectivity index (χ4n) is 1.65. The maximum Gasteiger partial charge on any atom is 0.343 e. The van der Waals surface area contributed by atoms with Gasteiger partial charge in [0.2, 0.25) is 11.3 Å². The summed E-state index contributed by atoms with van der Waals surface area (Å²) in [7, 11) is 1.47. The zero-order valence-electron chi connectivity index (χ0n) is 10.8. The lowest BCUT2D eigenvalue weighted by Gasteiger charge is -2.06. The van der Waals surface area contributed by atoms with Gasteiger partial charge in [0.25, 0.3) is 0 Å². The summed E-state index contributed by atoms with van der Waals surface area (Å²) in [6, 6.07) is 0. The number of nitrogens with one attached hydrogen (secondary N) is 1. The summed E-state index contributed by atoms with van der Waals surface area (Å²) in [5.74, 6) is -0.354. The number of nitrogens with zero attached hydrogens (tertiary/aromatic N) is 2. The van der Waals surface area contributed by atoms with E-state index in [0.717, 1.165) is 0 Å². The Labute approximate surface area is 108 Å². The number of hydrogen-bond donors (Lipinski definition) is 1. The van der Waals surface area contributed by atoms with Crippen LogP contribution in [0.1, 0.15) is 23.0 Å². The molecule has 0 fully saturated rings. The first-order valence-electron chi connectivity index (χ1n) is 5.69. The smallest absolute Gasteiger partial charge is 0.343 e. The molecule has 2 heterocycles. The molecule has 0 aliphatic carbocycles. The predicted octanol–water partition coefficient (Wildman–Crippen LogP) is 0.812. The monoisotopic (exact) mass is 263 g/mol. The molecule has 0 amide bonds. The first-order valence-corrected chi connectivity index (χ1v) is 5.69. The molecular weight excluding hydrogens is 250 g/mol. The fraction of sp³-hybridized carbons (Fsp3) is 0.333. The molecule has 2 rings (SSSR count). The molecule has 0 radical (unpaired) electrons. The van der Waals surface area contributed by atoms with E-state index in [9.17, 15) is 9.59 Å². The Balaban J connectivity index is 2.65. The molecule has 2 aromatic heterocycles. The number of H-pyrrole nitrogens is 1. The van der Waals surface area contributed by atoms with Crippen molar-refractivity contribution < 1.29 is 14.3 Å². The van der Waals surface area contributed by atoms with Gasteiger partial charge < -0.3 is 14.5 Å². The predicted molar refractivity (Wildman–Crippen MR) is 67.4 cm³/mol. The number of fused-ring (bicyclic) bond motifs is 1. The van der Waals surface area contributed by atoms with E-state index in [1.54, 1.807) is 13.8 Å². The first kappa shape index (κ1) is 13.0. The van der Waals surface area contributed by atoms with Crippen LogP contribution in [0.2, 0.25) is 0 Å². The van der Waals surface area contributed by atoms with Crippen LogP contribution in [0, 0.1) is 6.92 Å². The largest absolute Gasteiger partial charge is 0.480 e. The van der Waals surface area contributed by atoms with Gasteiger partial charge in [-0.2, -0.15) is 4.98 Å². The summed E-state index contributed by atoms with van der Waals surface area (Å²) in [5.41, 5.74) is 0.226. The minimum Gasteiger partial charge on any atom is -0.480 e. The molecule has 0 bridgehead atoms. The molecule has 0 saturated carbocycles. The number of carbonyl (C=O) groups is 1. The number of carbonyl (C=O) groups excluding carboxylic acids is 1. The minimum atomic E-state index is -0.680. The average Bonchev–Trinajstić information content (AvgIpc) is 2.39. The van der Waals surface area contributed by atoms with Gasteiger partial charge in [0, 0.05) is 6.20 Å². The highest BCUT2D eigenvalue weighted by Gasteiger charge is 2.16. The Morgan fingerprint density at radius 1 is 1.42 bits per heavy atom. The lowest BCUT2D eigenvalue weighted by Crippen LogP contribution is -2.19. The van der Waals surface area contributed by atoms with Gasteiger partial charge in [0.05, 0.1) is 13.7 Å². The van der Waals surface area contributed by atoms with Crippen LogP contribution in [0.15, 0.2) is 11.0 Å². The molecule has 0 atom stereocenters. The van der Waals surface area contributed by atoms with Gasteiger partial charge in [-0.05, 0) is 13.8 Å². The van der Waals surface area contributed by atoms with Gasteiger partial charge in [-0.25, -0.2) is 9.78 Å². The number of methoxy groups -OCH3 is 1. The lowest BCUT2D eigenvalue weighted by molar-refractivity contribution is 0.0524. The number of esters is 1. The van der Waals surface area contributed by atoms with Crippen molar-refractivity contribution in [2.24, 2.45) is 0 Å². The zero-order valence-corrected chi connectivity index (χ0v) is 10.8. The topological polar surface area (TPSA) is 94.2 Å². The van der Waals surface area contributed by atoms with Gasteiger partial charge in [-0.15, -0.1) is 0 Å². The summed E-state index contributed by atoms with van der Waals surface area (Å²) >= 11 is 0. The molecule has 0 aromatic carbocycles. The first-order chi connectivity index (χ1) is 9.08. The Hall–Kier alpha value is -2.44. The van der Waals surface area contributed by atoms with E-state index in [-0.39, 0.29) is 23.3 Å². The molecule has 19 heavy (non-hydrogen) atoms. The van der Waals surface area contributed by atoms with E-state index in [4.69, 9.17) is 9.47 Å². The Bertz CT molecular complexity index is 693. The molecule has 0 aliphatic heterocycles.